The molecular weight excluding hydrogens is 382 g/mol. The first-order valence-electron chi connectivity index (χ1n) is 9.54. The van der Waals surface area contributed by atoms with Crippen molar-refractivity contribution in [2.24, 2.45) is 16.5 Å². The van der Waals surface area contributed by atoms with Crippen LogP contribution < -0.4 is 32.7 Å². The molecule has 0 spiro atoms. The number of hydrogen-bond acceptors (Lipinski definition) is 6. The molecule has 1 fully saturated rings. The molecule has 0 aromatic carbocycles. The highest BCUT2D eigenvalue weighted by atomic mass is 16.4. The summed E-state index contributed by atoms with van der Waals surface area (Å²) in [6, 6.07) is -3.32. The monoisotopic (exact) mass is 413 g/mol. The van der Waals surface area contributed by atoms with Crippen LogP contribution in [-0.4, -0.2) is 72.0 Å². The highest BCUT2D eigenvalue weighted by Crippen LogP contribution is 2.07. The Hall–Kier alpha value is -2.89. The maximum absolute atomic E-state index is 12.6. The molecule has 12 nitrogen and oxygen atoms in total. The number of nitrogens with two attached hydrogens (primary N) is 2. The van der Waals surface area contributed by atoms with E-state index in [0.717, 1.165) is 13.0 Å². The third-order valence-electron chi connectivity index (χ3n) is 4.44. The van der Waals surface area contributed by atoms with Gasteiger partial charge >= 0.3 is 5.97 Å². The summed E-state index contributed by atoms with van der Waals surface area (Å²) in [6.07, 6.45) is 2.25. The molecule has 9 N–H and O–H groups in total. The van der Waals surface area contributed by atoms with E-state index in [0.29, 0.717) is 12.8 Å². The number of rotatable bonds is 11. The average Bonchev–Trinajstić information content (AvgIpc) is 3.18. The number of aliphatic imine (C=N–C) groups is 1. The molecule has 0 saturated carbocycles. The Morgan fingerprint density at radius 3 is 2.31 bits per heavy atom. The lowest BCUT2D eigenvalue weighted by Gasteiger charge is -2.23. The molecule has 164 valence electrons. The number of nitrogens with zero attached hydrogens (tertiary/aromatic N) is 1. The number of amides is 3. The normalized spacial score (nSPS) is 18.8. The van der Waals surface area contributed by atoms with Crippen molar-refractivity contribution >= 4 is 29.7 Å². The molecule has 4 atom stereocenters. The SMILES string of the molecule is CC(NC(=O)C(C)NC(=O)C(CCCN=C(N)N)NC(=O)C1CCCN1)C(=O)O. The summed E-state index contributed by atoms with van der Waals surface area (Å²) < 4.78 is 0. The van der Waals surface area contributed by atoms with Crippen LogP contribution in [0, 0.1) is 0 Å². The van der Waals surface area contributed by atoms with E-state index in [1.165, 1.54) is 13.8 Å². The fourth-order valence-electron chi connectivity index (χ4n) is 2.73. The van der Waals surface area contributed by atoms with E-state index in [2.05, 4.69) is 26.3 Å². The minimum atomic E-state index is -1.19. The van der Waals surface area contributed by atoms with Crippen molar-refractivity contribution in [2.75, 3.05) is 13.1 Å². The van der Waals surface area contributed by atoms with Gasteiger partial charge < -0.3 is 37.8 Å². The molecule has 0 aromatic rings. The zero-order valence-electron chi connectivity index (χ0n) is 16.7. The van der Waals surface area contributed by atoms with Crippen molar-refractivity contribution in [1.29, 1.82) is 0 Å². The Morgan fingerprint density at radius 2 is 1.76 bits per heavy atom. The average molecular weight is 413 g/mol. The van der Waals surface area contributed by atoms with E-state index in [4.69, 9.17) is 16.6 Å². The summed E-state index contributed by atoms with van der Waals surface area (Å²) in [4.78, 5) is 51.7. The quantitative estimate of drug-likeness (QED) is 0.108. The Labute approximate surface area is 169 Å². The van der Waals surface area contributed by atoms with Gasteiger partial charge in [0, 0.05) is 6.54 Å². The van der Waals surface area contributed by atoms with Gasteiger partial charge in [-0.3, -0.25) is 24.2 Å². The standard InChI is InChI=1S/C17H31N7O5/c1-9(13(25)23-10(2)16(28)29)22-15(27)12(6-4-8-21-17(18)19)24-14(26)11-5-3-7-20-11/h9-12,20H,3-8H2,1-2H3,(H,22,27)(H,23,25)(H,24,26)(H,28,29)(H4,18,19,21). The van der Waals surface area contributed by atoms with Gasteiger partial charge in [-0.15, -0.1) is 0 Å². The molecule has 0 aromatic heterocycles. The summed E-state index contributed by atoms with van der Waals surface area (Å²) in [5.74, 6) is -2.74. The smallest absolute Gasteiger partial charge is 0.325 e. The molecule has 0 aliphatic carbocycles. The lowest BCUT2D eigenvalue weighted by Crippen LogP contribution is -2.56. The molecule has 1 saturated heterocycles. The van der Waals surface area contributed by atoms with Crippen LogP contribution in [0.4, 0.5) is 0 Å². The Balaban J connectivity index is 2.69. The van der Waals surface area contributed by atoms with E-state index in [9.17, 15) is 19.2 Å². The fourth-order valence-corrected chi connectivity index (χ4v) is 2.73. The predicted octanol–water partition coefficient (Wildman–Crippen LogP) is -2.63. The van der Waals surface area contributed by atoms with Gasteiger partial charge in [-0.05, 0) is 46.1 Å². The van der Waals surface area contributed by atoms with Gasteiger partial charge in [0.05, 0.1) is 6.04 Å². The van der Waals surface area contributed by atoms with E-state index >= 15 is 0 Å². The van der Waals surface area contributed by atoms with Crippen molar-refractivity contribution in [1.82, 2.24) is 21.3 Å². The maximum Gasteiger partial charge on any atom is 0.325 e. The number of hydrogen-bond donors (Lipinski definition) is 7. The predicted molar refractivity (Wildman–Crippen MR) is 106 cm³/mol. The summed E-state index contributed by atoms with van der Waals surface area (Å²) >= 11 is 0. The lowest BCUT2D eigenvalue weighted by molar-refractivity contribution is -0.141. The third kappa shape index (κ3) is 8.77. The number of carboxylic acids is 1. The molecule has 12 heteroatoms. The van der Waals surface area contributed by atoms with Crippen molar-refractivity contribution in [3.05, 3.63) is 0 Å². The van der Waals surface area contributed by atoms with Crippen molar-refractivity contribution in [3.63, 3.8) is 0 Å². The van der Waals surface area contributed by atoms with Gasteiger partial charge in [0.2, 0.25) is 17.7 Å². The first-order chi connectivity index (χ1) is 13.6. The first-order valence-corrected chi connectivity index (χ1v) is 9.54. The van der Waals surface area contributed by atoms with Crippen molar-refractivity contribution in [2.45, 2.75) is 63.7 Å². The Bertz CT molecular complexity index is 630. The second-order valence-electron chi connectivity index (χ2n) is 6.96. The molecule has 4 unspecified atom stereocenters. The Morgan fingerprint density at radius 1 is 1.10 bits per heavy atom. The highest BCUT2D eigenvalue weighted by molar-refractivity contribution is 5.93. The van der Waals surface area contributed by atoms with Crippen LogP contribution in [0.3, 0.4) is 0 Å². The van der Waals surface area contributed by atoms with Crippen molar-refractivity contribution in [3.8, 4) is 0 Å². The first kappa shape index (κ1) is 24.1. The molecule has 29 heavy (non-hydrogen) atoms. The topological polar surface area (TPSA) is 201 Å². The molecular formula is C17H31N7O5. The minimum Gasteiger partial charge on any atom is -0.480 e. The van der Waals surface area contributed by atoms with Gasteiger partial charge in [-0.1, -0.05) is 0 Å². The van der Waals surface area contributed by atoms with E-state index in [1.54, 1.807) is 0 Å². The summed E-state index contributed by atoms with van der Waals surface area (Å²) in [5.41, 5.74) is 10.6. The largest absolute Gasteiger partial charge is 0.480 e. The second kappa shape index (κ2) is 11.8. The Kier molecular flexibility index (Phi) is 9.86. The summed E-state index contributed by atoms with van der Waals surface area (Å²) in [6.45, 7) is 3.77. The third-order valence-corrected chi connectivity index (χ3v) is 4.44. The zero-order chi connectivity index (χ0) is 22.0. The van der Waals surface area contributed by atoms with Crippen LogP contribution in [0.1, 0.15) is 39.5 Å². The molecule has 0 bridgehead atoms. The fraction of sp³-hybridized carbons (Fsp3) is 0.706. The molecule has 1 heterocycles. The molecule has 1 rings (SSSR count). The number of carboxylic acid groups (broad SMARTS) is 1. The van der Waals surface area contributed by atoms with E-state index < -0.39 is 35.9 Å². The molecule has 3 amide bonds. The van der Waals surface area contributed by atoms with Crippen LogP contribution in [0.25, 0.3) is 0 Å². The van der Waals surface area contributed by atoms with Crippen LogP contribution in [0.15, 0.2) is 4.99 Å². The van der Waals surface area contributed by atoms with E-state index in [-0.39, 0.29) is 30.9 Å². The summed E-state index contributed by atoms with van der Waals surface area (Å²) in [7, 11) is 0. The number of nitrogens with one attached hydrogen (secondary N) is 4. The van der Waals surface area contributed by atoms with Crippen LogP contribution >= 0.6 is 0 Å². The molecule has 1 aliphatic heterocycles. The van der Waals surface area contributed by atoms with Gasteiger partial charge in [-0.25, -0.2) is 0 Å². The number of carbonyl (C=O) groups is 4. The number of guanidine groups is 1. The second-order valence-corrected chi connectivity index (χ2v) is 6.96. The van der Waals surface area contributed by atoms with Crippen LogP contribution in [0.2, 0.25) is 0 Å². The zero-order valence-corrected chi connectivity index (χ0v) is 16.7. The molecule has 1 aliphatic rings. The maximum atomic E-state index is 12.6. The van der Waals surface area contributed by atoms with Gasteiger partial charge in [0.15, 0.2) is 5.96 Å². The number of aliphatic carboxylic acids is 1. The molecule has 0 radical (unpaired) electrons. The van der Waals surface area contributed by atoms with Crippen LogP contribution in [-0.2, 0) is 19.2 Å². The lowest BCUT2D eigenvalue weighted by atomic mass is 10.1. The van der Waals surface area contributed by atoms with E-state index in [1.807, 2.05) is 0 Å². The van der Waals surface area contributed by atoms with Crippen LogP contribution in [0.5, 0.6) is 0 Å². The minimum absolute atomic E-state index is 0.0666. The van der Waals surface area contributed by atoms with Gasteiger partial charge in [-0.2, -0.15) is 0 Å². The van der Waals surface area contributed by atoms with Gasteiger partial charge in [0.25, 0.3) is 0 Å². The van der Waals surface area contributed by atoms with Crippen molar-refractivity contribution < 1.29 is 24.3 Å². The highest BCUT2D eigenvalue weighted by Gasteiger charge is 2.29. The number of carbonyl (C=O) groups excluding carboxylic acids is 3. The van der Waals surface area contributed by atoms with Gasteiger partial charge in [0.1, 0.15) is 18.1 Å². The summed E-state index contributed by atoms with van der Waals surface area (Å²) in [5, 5.41) is 19.4.